The van der Waals surface area contributed by atoms with E-state index in [0.29, 0.717) is 0 Å². The van der Waals surface area contributed by atoms with Gasteiger partial charge in [-0.1, -0.05) is 98.8 Å². The zero-order valence-electron chi connectivity index (χ0n) is 24.6. The Balaban J connectivity index is 1.67. The van der Waals surface area contributed by atoms with Crippen LogP contribution in [-0.2, 0) is 5.41 Å². The van der Waals surface area contributed by atoms with E-state index in [4.69, 9.17) is 9.47 Å². The molecule has 4 aromatic rings. The van der Waals surface area contributed by atoms with Crippen molar-refractivity contribution in [1.82, 2.24) is 0 Å². The van der Waals surface area contributed by atoms with Crippen LogP contribution in [0.3, 0.4) is 0 Å². The molecule has 39 heavy (non-hydrogen) atoms. The summed E-state index contributed by atoms with van der Waals surface area (Å²) in [7, 11) is 0. The number of benzene rings is 4. The third kappa shape index (κ3) is 6.01. The van der Waals surface area contributed by atoms with Crippen LogP contribution in [-0.4, -0.2) is 0 Å². The first kappa shape index (κ1) is 28.0. The molecule has 0 saturated heterocycles. The minimum Gasteiger partial charge on any atom is -0.456 e. The maximum absolute atomic E-state index is 6.46. The molecule has 0 bridgehead atoms. The number of ether oxygens (including phenoxy) is 2. The van der Waals surface area contributed by atoms with Crippen LogP contribution in [0.15, 0.2) is 84.9 Å². The molecule has 0 aliphatic carbocycles. The van der Waals surface area contributed by atoms with Gasteiger partial charge in [0.2, 0.25) is 0 Å². The molecule has 0 aromatic heterocycles. The van der Waals surface area contributed by atoms with Gasteiger partial charge in [0.25, 0.3) is 0 Å². The normalized spacial score (nSPS) is 11.9. The standard InChI is InChI=1S/C37H40O2/c1-9-15-29-17-11-13-19-33(29)38-35-25(3)21-31(22-26(35)4)37(7,8)32-23-27(5)36(28(6)24-32)39-34-20-14-12-18-30(34)16-10-2/h9-24H,1-8H3/b15-9-,16-10-. The highest BCUT2D eigenvalue weighted by Crippen LogP contribution is 2.41. The predicted molar refractivity (Wildman–Crippen MR) is 166 cm³/mol. The largest absolute Gasteiger partial charge is 0.456 e. The summed E-state index contributed by atoms with van der Waals surface area (Å²) in [5, 5.41) is 0. The Morgan fingerprint density at radius 1 is 0.538 bits per heavy atom. The van der Waals surface area contributed by atoms with Gasteiger partial charge < -0.3 is 9.47 Å². The predicted octanol–water partition coefficient (Wildman–Crippen LogP) is 10.9. The van der Waals surface area contributed by atoms with Gasteiger partial charge in [0.15, 0.2) is 0 Å². The molecule has 0 spiro atoms. The fourth-order valence-corrected chi connectivity index (χ4v) is 5.11. The molecule has 200 valence electrons. The highest BCUT2D eigenvalue weighted by Gasteiger charge is 2.26. The van der Waals surface area contributed by atoms with Gasteiger partial charge in [0.1, 0.15) is 23.0 Å². The maximum Gasteiger partial charge on any atom is 0.134 e. The van der Waals surface area contributed by atoms with Crippen molar-refractivity contribution in [1.29, 1.82) is 0 Å². The van der Waals surface area contributed by atoms with Gasteiger partial charge in [-0.3, -0.25) is 0 Å². The average Bonchev–Trinajstić information content (AvgIpc) is 2.90. The number of aryl methyl sites for hydroxylation is 4. The summed E-state index contributed by atoms with van der Waals surface area (Å²) in [4.78, 5) is 0. The van der Waals surface area contributed by atoms with E-state index in [0.717, 1.165) is 56.4 Å². The first-order chi connectivity index (χ1) is 18.6. The van der Waals surface area contributed by atoms with E-state index in [1.54, 1.807) is 0 Å². The summed E-state index contributed by atoms with van der Waals surface area (Å²) < 4.78 is 12.9. The third-order valence-corrected chi connectivity index (χ3v) is 7.32. The molecule has 2 heteroatoms. The Morgan fingerprint density at radius 2 is 0.872 bits per heavy atom. The van der Waals surface area contributed by atoms with E-state index >= 15 is 0 Å². The van der Waals surface area contributed by atoms with Crippen molar-refractivity contribution in [2.75, 3.05) is 0 Å². The molecule has 0 N–H and O–H groups in total. The second-order valence-corrected chi connectivity index (χ2v) is 10.8. The Kier molecular flexibility index (Phi) is 8.45. The molecule has 0 fully saturated rings. The van der Waals surface area contributed by atoms with Crippen LogP contribution in [0.25, 0.3) is 12.2 Å². The van der Waals surface area contributed by atoms with Crippen LogP contribution in [0.4, 0.5) is 0 Å². The van der Waals surface area contributed by atoms with Gasteiger partial charge in [-0.05, 0) is 87.1 Å². The van der Waals surface area contributed by atoms with Crippen LogP contribution in [0.5, 0.6) is 23.0 Å². The summed E-state index contributed by atoms with van der Waals surface area (Å²) in [6, 6.07) is 25.4. The summed E-state index contributed by atoms with van der Waals surface area (Å²) in [6.45, 7) is 17.2. The maximum atomic E-state index is 6.46. The minimum absolute atomic E-state index is 0.201. The number of para-hydroxylation sites is 2. The van der Waals surface area contributed by atoms with Crippen molar-refractivity contribution in [3.05, 3.63) is 129 Å². The van der Waals surface area contributed by atoms with Crippen LogP contribution < -0.4 is 9.47 Å². The number of rotatable bonds is 8. The summed E-state index contributed by atoms with van der Waals surface area (Å²) in [5.41, 5.74) is 8.98. The molecule has 0 aliphatic heterocycles. The van der Waals surface area contributed by atoms with Crippen molar-refractivity contribution in [3.63, 3.8) is 0 Å². The molecule has 4 aromatic carbocycles. The van der Waals surface area contributed by atoms with E-state index in [2.05, 4.69) is 90.1 Å². The van der Waals surface area contributed by atoms with Gasteiger partial charge >= 0.3 is 0 Å². The molecule has 0 saturated carbocycles. The first-order valence-electron chi connectivity index (χ1n) is 13.7. The number of hydrogen-bond acceptors (Lipinski definition) is 2. The fourth-order valence-electron chi connectivity index (χ4n) is 5.11. The van der Waals surface area contributed by atoms with Crippen molar-refractivity contribution < 1.29 is 9.47 Å². The number of allylic oxidation sites excluding steroid dienone is 2. The average molecular weight is 517 g/mol. The summed E-state index contributed by atoms with van der Waals surface area (Å²) in [5.74, 6) is 3.57. The molecule has 4 rings (SSSR count). The zero-order chi connectivity index (χ0) is 28.2. The van der Waals surface area contributed by atoms with Crippen LogP contribution in [0.1, 0.15) is 72.2 Å². The minimum atomic E-state index is -0.201. The smallest absolute Gasteiger partial charge is 0.134 e. The Labute approximate surface area is 234 Å². The molecule has 0 aliphatic rings. The Hall–Kier alpha value is -4.04. The Bertz CT molecular complexity index is 1370. The number of hydrogen-bond donors (Lipinski definition) is 0. The summed E-state index contributed by atoms with van der Waals surface area (Å²) in [6.07, 6.45) is 8.23. The molecule has 0 radical (unpaired) electrons. The van der Waals surface area contributed by atoms with E-state index in [-0.39, 0.29) is 5.41 Å². The summed E-state index contributed by atoms with van der Waals surface area (Å²) >= 11 is 0. The van der Waals surface area contributed by atoms with Gasteiger partial charge in [0, 0.05) is 16.5 Å². The molecule has 0 heterocycles. The highest BCUT2D eigenvalue weighted by molar-refractivity contribution is 5.61. The lowest BCUT2D eigenvalue weighted by Gasteiger charge is -2.29. The molecule has 0 unspecified atom stereocenters. The lowest BCUT2D eigenvalue weighted by Crippen LogP contribution is -2.20. The molecular weight excluding hydrogens is 476 g/mol. The topological polar surface area (TPSA) is 18.5 Å². The van der Waals surface area contributed by atoms with Crippen LogP contribution in [0, 0.1) is 27.7 Å². The third-order valence-electron chi connectivity index (χ3n) is 7.32. The lowest BCUT2D eigenvalue weighted by molar-refractivity contribution is 0.472. The van der Waals surface area contributed by atoms with Crippen LogP contribution in [0.2, 0.25) is 0 Å². The molecule has 0 amide bonds. The SMILES string of the molecule is C/C=C\c1ccccc1Oc1c(C)cc(C(C)(C)c2cc(C)c(Oc3ccccc3/C=C\C)c(C)c2)cc1C. The van der Waals surface area contributed by atoms with E-state index in [9.17, 15) is 0 Å². The lowest BCUT2D eigenvalue weighted by atomic mass is 9.76. The van der Waals surface area contributed by atoms with E-state index < -0.39 is 0 Å². The van der Waals surface area contributed by atoms with Gasteiger partial charge in [-0.15, -0.1) is 0 Å². The monoisotopic (exact) mass is 516 g/mol. The van der Waals surface area contributed by atoms with E-state index in [1.165, 1.54) is 11.1 Å². The second-order valence-electron chi connectivity index (χ2n) is 10.8. The first-order valence-corrected chi connectivity index (χ1v) is 13.7. The fraction of sp³-hybridized carbons (Fsp3) is 0.243. The molecule has 2 nitrogen and oxygen atoms in total. The second kappa shape index (κ2) is 11.8. The van der Waals surface area contributed by atoms with Crippen LogP contribution >= 0.6 is 0 Å². The van der Waals surface area contributed by atoms with Gasteiger partial charge in [0.05, 0.1) is 0 Å². The van der Waals surface area contributed by atoms with Crippen molar-refractivity contribution in [3.8, 4) is 23.0 Å². The molecule has 0 atom stereocenters. The van der Waals surface area contributed by atoms with Crippen molar-refractivity contribution in [2.24, 2.45) is 0 Å². The Morgan fingerprint density at radius 3 is 1.21 bits per heavy atom. The van der Waals surface area contributed by atoms with Crippen molar-refractivity contribution >= 4 is 12.2 Å². The van der Waals surface area contributed by atoms with Gasteiger partial charge in [-0.25, -0.2) is 0 Å². The highest BCUT2D eigenvalue weighted by atomic mass is 16.5. The van der Waals surface area contributed by atoms with Crippen molar-refractivity contribution in [2.45, 2.75) is 60.8 Å². The quantitative estimate of drug-likeness (QED) is 0.232. The zero-order valence-corrected chi connectivity index (χ0v) is 24.6. The molecular formula is C37H40O2. The van der Waals surface area contributed by atoms with E-state index in [1.807, 2.05) is 62.4 Å². The van der Waals surface area contributed by atoms with Gasteiger partial charge in [-0.2, -0.15) is 0 Å².